The highest BCUT2D eigenvalue weighted by Gasteiger charge is 2.27. The second-order valence-electron chi connectivity index (χ2n) is 8.25. The summed E-state index contributed by atoms with van der Waals surface area (Å²) in [5, 5.41) is 0. The van der Waals surface area contributed by atoms with Gasteiger partial charge in [0, 0.05) is 44.8 Å². The molecule has 2 aromatic rings. The molecule has 2 fully saturated rings. The molecule has 0 spiro atoms. The molecule has 2 heterocycles. The van der Waals surface area contributed by atoms with Crippen LogP contribution in [0, 0.1) is 0 Å². The number of benzene rings is 2. The number of rotatable bonds is 6. The quantitative estimate of drug-likeness (QED) is 0.693. The molecule has 1 unspecified atom stereocenters. The maximum Gasteiger partial charge on any atom is 0.260 e. The van der Waals surface area contributed by atoms with Gasteiger partial charge in [-0.05, 0) is 37.2 Å². The lowest BCUT2D eigenvalue weighted by Crippen LogP contribution is -2.51. The average Bonchev–Trinajstić information content (AvgIpc) is 3.09. The zero-order valence-electron chi connectivity index (χ0n) is 18.4. The molecular weight excluding hydrogens is 406 g/mol. The lowest BCUT2D eigenvalue weighted by Gasteiger charge is -2.35. The first-order chi connectivity index (χ1) is 15.7. The first kappa shape index (κ1) is 22.3. The summed E-state index contributed by atoms with van der Waals surface area (Å²) in [5.74, 6) is 0.777. The first-order valence-electron chi connectivity index (χ1n) is 11.3. The minimum atomic E-state index is -0.0270. The Hall–Kier alpha value is -2.90. The van der Waals surface area contributed by atoms with Gasteiger partial charge in [0.05, 0.1) is 12.7 Å². The van der Waals surface area contributed by atoms with Gasteiger partial charge in [-0.2, -0.15) is 0 Å². The van der Waals surface area contributed by atoms with E-state index >= 15 is 0 Å². The fraction of sp³-hybridized carbons (Fsp3) is 0.440. The first-order valence-corrected chi connectivity index (χ1v) is 11.3. The molecule has 2 aliphatic rings. The fourth-order valence-corrected chi connectivity index (χ4v) is 4.22. The van der Waals surface area contributed by atoms with Crippen molar-refractivity contribution in [3.8, 4) is 5.75 Å². The third-order valence-corrected chi connectivity index (χ3v) is 5.96. The normalized spacial score (nSPS) is 19.9. The van der Waals surface area contributed by atoms with Gasteiger partial charge in [-0.25, -0.2) is 0 Å². The van der Waals surface area contributed by atoms with E-state index in [0.29, 0.717) is 32.0 Å². The monoisotopic (exact) mass is 437 g/mol. The molecule has 4 rings (SSSR count). The number of ether oxygens (including phenoxy) is 2. The van der Waals surface area contributed by atoms with E-state index in [-0.39, 0.29) is 24.5 Å². The van der Waals surface area contributed by atoms with Crippen LogP contribution in [0.2, 0.25) is 0 Å². The van der Waals surface area contributed by atoms with Gasteiger partial charge in [-0.15, -0.1) is 0 Å². The van der Waals surface area contributed by atoms with Crippen molar-refractivity contribution in [3.63, 3.8) is 0 Å². The molecule has 7 heteroatoms. The van der Waals surface area contributed by atoms with Gasteiger partial charge in [-0.3, -0.25) is 14.5 Å². The molecule has 0 radical (unpaired) electrons. The van der Waals surface area contributed by atoms with Crippen LogP contribution in [0.4, 0.5) is 0 Å². The van der Waals surface area contributed by atoms with Crippen LogP contribution in [-0.4, -0.2) is 91.6 Å². The van der Waals surface area contributed by atoms with Gasteiger partial charge >= 0.3 is 0 Å². The lowest BCUT2D eigenvalue weighted by molar-refractivity contribution is -0.141. The predicted molar refractivity (Wildman–Crippen MR) is 122 cm³/mol. The van der Waals surface area contributed by atoms with Crippen molar-refractivity contribution in [1.82, 2.24) is 14.7 Å². The Balaban J connectivity index is 1.24. The summed E-state index contributed by atoms with van der Waals surface area (Å²) in [5.41, 5.74) is 0.739. The number of hydrogen-bond acceptors (Lipinski definition) is 5. The van der Waals surface area contributed by atoms with E-state index in [9.17, 15) is 9.59 Å². The number of para-hydroxylation sites is 1. The molecular formula is C25H31N3O4. The summed E-state index contributed by atoms with van der Waals surface area (Å²) in [6, 6.07) is 18.9. The van der Waals surface area contributed by atoms with E-state index in [1.807, 2.05) is 70.5 Å². The zero-order chi connectivity index (χ0) is 22.2. The Kier molecular flexibility index (Phi) is 7.74. The van der Waals surface area contributed by atoms with Crippen molar-refractivity contribution in [3.05, 3.63) is 66.2 Å². The summed E-state index contributed by atoms with van der Waals surface area (Å²) >= 11 is 0. The van der Waals surface area contributed by atoms with Gasteiger partial charge < -0.3 is 19.3 Å². The number of amides is 2. The van der Waals surface area contributed by atoms with Gasteiger partial charge in [0.1, 0.15) is 5.75 Å². The third kappa shape index (κ3) is 6.08. The number of morpholine rings is 1. The Morgan fingerprint density at radius 3 is 2.41 bits per heavy atom. The Morgan fingerprint density at radius 2 is 1.62 bits per heavy atom. The van der Waals surface area contributed by atoms with Crippen LogP contribution in [0.1, 0.15) is 16.8 Å². The van der Waals surface area contributed by atoms with Crippen molar-refractivity contribution >= 4 is 11.8 Å². The lowest BCUT2D eigenvalue weighted by atomic mass is 10.2. The molecule has 2 saturated heterocycles. The van der Waals surface area contributed by atoms with E-state index in [2.05, 4.69) is 4.90 Å². The molecule has 2 aromatic carbocycles. The number of nitrogens with zero attached hydrogens (tertiary/aromatic N) is 3. The summed E-state index contributed by atoms with van der Waals surface area (Å²) < 4.78 is 11.6. The summed E-state index contributed by atoms with van der Waals surface area (Å²) in [4.78, 5) is 31.5. The SMILES string of the molecule is O=C(COc1ccccc1)N1CCOC(CN2CCCN(C(=O)c3ccccc3)CC2)C1. The average molecular weight is 438 g/mol. The number of carbonyl (C=O) groups is 2. The van der Waals surface area contributed by atoms with Crippen LogP contribution >= 0.6 is 0 Å². The highest BCUT2D eigenvalue weighted by atomic mass is 16.5. The largest absolute Gasteiger partial charge is 0.484 e. The molecule has 170 valence electrons. The van der Waals surface area contributed by atoms with Gasteiger partial charge in [0.15, 0.2) is 6.61 Å². The summed E-state index contributed by atoms with van der Waals surface area (Å²) in [6.07, 6.45) is 0.902. The Bertz CT molecular complexity index is 877. The molecule has 0 aliphatic carbocycles. The minimum absolute atomic E-state index is 0.0161. The van der Waals surface area contributed by atoms with Crippen molar-refractivity contribution in [2.75, 3.05) is 59.0 Å². The molecule has 7 nitrogen and oxygen atoms in total. The standard InChI is InChI=1S/C25H31N3O4/c29-24(20-32-22-10-5-2-6-11-22)28-16-17-31-23(19-28)18-26-12-7-13-27(15-14-26)25(30)21-8-3-1-4-9-21/h1-6,8-11,23H,7,12-20H2. The number of carbonyl (C=O) groups excluding carboxylic acids is 2. The second-order valence-corrected chi connectivity index (χ2v) is 8.25. The molecule has 0 N–H and O–H groups in total. The van der Waals surface area contributed by atoms with Crippen LogP contribution in [0.15, 0.2) is 60.7 Å². The van der Waals surface area contributed by atoms with Crippen LogP contribution < -0.4 is 4.74 Å². The van der Waals surface area contributed by atoms with E-state index in [1.165, 1.54) is 0 Å². The molecule has 2 amide bonds. The van der Waals surface area contributed by atoms with Crippen LogP contribution in [0.5, 0.6) is 5.75 Å². The third-order valence-electron chi connectivity index (χ3n) is 5.96. The molecule has 1 atom stereocenters. The van der Waals surface area contributed by atoms with E-state index in [0.717, 1.165) is 38.2 Å². The highest BCUT2D eigenvalue weighted by molar-refractivity contribution is 5.94. The minimum Gasteiger partial charge on any atom is -0.484 e. The summed E-state index contributed by atoms with van der Waals surface area (Å²) in [7, 11) is 0. The van der Waals surface area contributed by atoms with Crippen molar-refractivity contribution in [1.29, 1.82) is 0 Å². The van der Waals surface area contributed by atoms with Gasteiger partial charge in [0.2, 0.25) is 0 Å². The van der Waals surface area contributed by atoms with E-state index in [4.69, 9.17) is 9.47 Å². The van der Waals surface area contributed by atoms with Crippen molar-refractivity contribution < 1.29 is 19.1 Å². The maximum atomic E-state index is 12.8. The van der Waals surface area contributed by atoms with Gasteiger partial charge in [0.25, 0.3) is 11.8 Å². The molecule has 32 heavy (non-hydrogen) atoms. The topological polar surface area (TPSA) is 62.3 Å². The summed E-state index contributed by atoms with van der Waals surface area (Å²) in [6.45, 7) is 5.69. The second kappa shape index (κ2) is 11.1. The maximum absolute atomic E-state index is 12.8. The molecule has 0 aromatic heterocycles. The van der Waals surface area contributed by atoms with Crippen molar-refractivity contribution in [2.24, 2.45) is 0 Å². The van der Waals surface area contributed by atoms with E-state index in [1.54, 1.807) is 0 Å². The predicted octanol–water partition coefficient (Wildman–Crippen LogP) is 2.14. The molecule has 0 saturated carbocycles. The van der Waals surface area contributed by atoms with Crippen LogP contribution in [0.25, 0.3) is 0 Å². The fourth-order valence-electron chi connectivity index (χ4n) is 4.22. The molecule has 2 aliphatic heterocycles. The number of hydrogen-bond donors (Lipinski definition) is 0. The molecule has 0 bridgehead atoms. The zero-order valence-corrected chi connectivity index (χ0v) is 18.4. The van der Waals surface area contributed by atoms with E-state index < -0.39 is 0 Å². The van der Waals surface area contributed by atoms with Crippen LogP contribution in [-0.2, 0) is 9.53 Å². The Morgan fingerprint density at radius 1 is 0.875 bits per heavy atom. The van der Waals surface area contributed by atoms with Crippen molar-refractivity contribution in [2.45, 2.75) is 12.5 Å². The Labute approximate surface area is 189 Å². The smallest absolute Gasteiger partial charge is 0.260 e. The van der Waals surface area contributed by atoms with Gasteiger partial charge in [-0.1, -0.05) is 36.4 Å². The highest BCUT2D eigenvalue weighted by Crippen LogP contribution is 2.13. The van der Waals surface area contributed by atoms with Crippen LogP contribution in [0.3, 0.4) is 0 Å².